The summed E-state index contributed by atoms with van der Waals surface area (Å²) in [5.41, 5.74) is 2.40. The van der Waals surface area contributed by atoms with Crippen LogP contribution in [0.25, 0.3) is 5.69 Å². The van der Waals surface area contributed by atoms with Crippen molar-refractivity contribution in [3.63, 3.8) is 0 Å². The number of carbonyl (C=O) groups excluding carboxylic acids is 2. The van der Waals surface area contributed by atoms with Gasteiger partial charge in [0.05, 0.1) is 23.1 Å². The number of aromatic nitrogens is 2. The van der Waals surface area contributed by atoms with Crippen LogP contribution in [0, 0.1) is 12.8 Å². The summed E-state index contributed by atoms with van der Waals surface area (Å²) in [7, 11) is 0. The van der Waals surface area contributed by atoms with Gasteiger partial charge in [-0.1, -0.05) is 24.3 Å². The van der Waals surface area contributed by atoms with Crippen LogP contribution in [0.3, 0.4) is 0 Å². The first-order valence-electron chi connectivity index (χ1n) is 10.3. The van der Waals surface area contributed by atoms with Gasteiger partial charge in [0, 0.05) is 42.9 Å². The standard InChI is InChI=1S/C23H24N4O2S/c1-16-20(15-24-27(16)17-6-3-2-4-7-17)23(29)26-11-9-25(10-12-26)22(28)19-14-18(19)21-8-5-13-30-21/h2-8,13,15,18-19H,9-12,14H2,1H3. The van der Waals surface area contributed by atoms with Gasteiger partial charge in [0.1, 0.15) is 0 Å². The molecule has 2 aliphatic rings. The Labute approximate surface area is 179 Å². The molecule has 2 aromatic heterocycles. The molecule has 1 aliphatic heterocycles. The highest BCUT2D eigenvalue weighted by Gasteiger charge is 2.46. The zero-order chi connectivity index (χ0) is 20.7. The molecule has 7 heteroatoms. The van der Waals surface area contributed by atoms with Crippen molar-refractivity contribution in [1.82, 2.24) is 19.6 Å². The van der Waals surface area contributed by atoms with Crippen molar-refractivity contribution in [2.75, 3.05) is 26.2 Å². The third kappa shape index (κ3) is 3.43. The maximum absolute atomic E-state index is 13.1. The monoisotopic (exact) mass is 420 g/mol. The molecule has 30 heavy (non-hydrogen) atoms. The summed E-state index contributed by atoms with van der Waals surface area (Å²) >= 11 is 1.73. The van der Waals surface area contributed by atoms with E-state index in [-0.39, 0.29) is 17.7 Å². The number of thiophene rings is 1. The number of carbonyl (C=O) groups is 2. The topological polar surface area (TPSA) is 58.4 Å². The highest BCUT2D eigenvalue weighted by atomic mass is 32.1. The first-order valence-corrected chi connectivity index (χ1v) is 11.2. The number of amides is 2. The maximum atomic E-state index is 13.1. The summed E-state index contributed by atoms with van der Waals surface area (Å²) in [4.78, 5) is 31.0. The van der Waals surface area contributed by atoms with Crippen molar-refractivity contribution in [1.29, 1.82) is 0 Å². The Bertz CT molecular complexity index is 1050. The molecule has 0 radical (unpaired) electrons. The first kappa shape index (κ1) is 19.1. The van der Waals surface area contributed by atoms with Gasteiger partial charge in [-0.2, -0.15) is 5.10 Å². The second-order valence-corrected chi connectivity index (χ2v) is 8.95. The van der Waals surface area contributed by atoms with E-state index in [2.05, 4.69) is 16.5 Å². The molecule has 2 atom stereocenters. The number of nitrogens with zero attached hydrogens (tertiary/aromatic N) is 4. The van der Waals surface area contributed by atoms with E-state index in [0.29, 0.717) is 37.7 Å². The van der Waals surface area contributed by atoms with Crippen LogP contribution in [0.5, 0.6) is 0 Å². The second-order valence-electron chi connectivity index (χ2n) is 7.97. The molecule has 2 amide bonds. The second kappa shape index (κ2) is 7.72. The Hall–Kier alpha value is -2.93. The zero-order valence-corrected chi connectivity index (χ0v) is 17.7. The van der Waals surface area contributed by atoms with E-state index in [1.807, 2.05) is 53.1 Å². The first-order chi connectivity index (χ1) is 14.6. The lowest BCUT2D eigenvalue weighted by Crippen LogP contribution is -2.51. The van der Waals surface area contributed by atoms with Gasteiger partial charge in [0.2, 0.25) is 5.91 Å². The molecule has 3 heterocycles. The molecule has 1 saturated heterocycles. The molecular formula is C23H24N4O2S. The fourth-order valence-electron chi connectivity index (χ4n) is 4.27. The van der Waals surface area contributed by atoms with Gasteiger partial charge >= 0.3 is 0 Å². The van der Waals surface area contributed by atoms with E-state index in [1.165, 1.54) is 4.88 Å². The molecule has 0 spiro atoms. The van der Waals surface area contributed by atoms with Gasteiger partial charge in [-0.3, -0.25) is 9.59 Å². The fourth-order valence-corrected chi connectivity index (χ4v) is 5.18. The third-order valence-corrected chi connectivity index (χ3v) is 7.14. The molecule has 1 aliphatic carbocycles. The maximum Gasteiger partial charge on any atom is 0.257 e. The molecule has 0 bridgehead atoms. The van der Waals surface area contributed by atoms with E-state index in [0.717, 1.165) is 17.8 Å². The number of piperazine rings is 1. The number of hydrogen-bond acceptors (Lipinski definition) is 4. The third-order valence-electron chi connectivity index (χ3n) is 6.14. The molecule has 1 saturated carbocycles. The van der Waals surface area contributed by atoms with Gasteiger partial charge in [-0.25, -0.2) is 4.68 Å². The molecule has 2 fully saturated rings. The lowest BCUT2D eigenvalue weighted by Gasteiger charge is -2.35. The number of para-hydroxylation sites is 1. The molecule has 5 rings (SSSR count). The van der Waals surface area contributed by atoms with Crippen molar-refractivity contribution in [3.8, 4) is 5.69 Å². The average Bonchev–Trinajstić information content (AvgIpc) is 3.20. The highest BCUT2D eigenvalue weighted by molar-refractivity contribution is 7.10. The summed E-state index contributed by atoms with van der Waals surface area (Å²) in [5, 5.41) is 6.49. The van der Waals surface area contributed by atoms with Gasteiger partial charge in [-0.15, -0.1) is 11.3 Å². The Morgan fingerprint density at radius 2 is 1.73 bits per heavy atom. The van der Waals surface area contributed by atoms with Crippen LogP contribution in [0.1, 0.15) is 33.3 Å². The molecule has 6 nitrogen and oxygen atoms in total. The summed E-state index contributed by atoms with van der Waals surface area (Å²) in [6.07, 6.45) is 2.61. The summed E-state index contributed by atoms with van der Waals surface area (Å²) in [6, 6.07) is 14.0. The van der Waals surface area contributed by atoms with Crippen molar-refractivity contribution in [3.05, 3.63) is 70.2 Å². The lowest BCUT2D eigenvalue weighted by atomic mass is 10.2. The zero-order valence-electron chi connectivity index (χ0n) is 16.9. The van der Waals surface area contributed by atoms with E-state index >= 15 is 0 Å². The Kier molecular flexibility index (Phi) is 4.90. The van der Waals surface area contributed by atoms with Gasteiger partial charge in [0.15, 0.2) is 0 Å². The van der Waals surface area contributed by atoms with E-state index in [1.54, 1.807) is 22.2 Å². The van der Waals surface area contributed by atoms with Crippen LogP contribution in [-0.2, 0) is 4.79 Å². The number of hydrogen-bond donors (Lipinski definition) is 0. The number of rotatable bonds is 4. The van der Waals surface area contributed by atoms with Crippen molar-refractivity contribution < 1.29 is 9.59 Å². The number of benzene rings is 1. The van der Waals surface area contributed by atoms with Crippen LogP contribution in [0.4, 0.5) is 0 Å². The quantitative estimate of drug-likeness (QED) is 0.651. The Morgan fingerprint density at radius 3 is 2.43 bits per heavy atom. The summed E-state index contributed by atoms with van der Waals surface area (Å²) in [5.74, 6) is 0.749. The van der Waals surface area contributed by atoms with Gasteiger partial charge in [0.25, 0.3) is 5.91 Å². The molecular weight excluding hydrogens is 396 g/mol. The fraction of sp³-hybridized carbons (Fsp3) is 0.348. The van der Waals surface area contributed by atoms with Crippen LogP contribution < -0.4 is 0 Å². The molecule has 1 aromatic carbocycles. The minimum Gasteiger partial charge on any atom is -0.339 e. The molecule has 2 unspecified atom stereocenters. The van der Waals surface area contributed by atoms with Gasteiger partial charge < -0.3 is 9.80 Å². The average molecular weight is 421 g/mol. The van der Waals surface area contributed by atoms with Crippen LogP contribution >= 0.6 is 11.3 Å². The minimum absolute atomic E-state index is 0.00957. The van der Waals surface area contributed by atoms with Crippen LogP contribution in [-0.4, -0.2) is 57.6 Å². The molecule has 154 valence electrons. The molecule has 0 N–H and O–H groups in total. The van der Waals surface area contributed by atoms with E-state index in [4.69, 9.17) is 0 Å². The van der Waals surface area contributed by atoms with Crippen molar-refractivity contribution >= 4 is 23.2 Å². The molecule has 3 aromatic rings. The minimum atomic E-state index is -0.00957. The summed E-state index contributed by atoms with van der Waals surface area (Å²) in [6.45, 7) is 4.26. The van der Waals surface area contributed by atoms with E-state index in [9.17, 15) is 9.59 Å². The smallest absolute Gasteiger partial charge is 0.257 e. The highest BCUT2D eigenvalue weighted by Crippen LogP contribution is 2.50. The Balaban J connectivity index is 1.21. The predicted molar refractivity (Wildman–Crippen MR) is 116 cm³/mol. The SMILES string of the molecule is Cc1c(C(=O)N2CCN(C(=O)C3CC3c3cccs3)CC2)cnn1-c1ccccc1. The predicted octanol–water partition coefficient (Wildman–Crippen LogP) is 3.33. The largest absolute Gasteiger partial charge is 0.339 e. The van der Waals surface area contributed by atoms with Crippen LogP contribution in [0.15, 0.2) is 54.0 Å². The van der Waals surface area contributed by atoms with Gasteiger partial charge in [-0.05, 0) is 36.9 Å². The van der Waals surface area contributed by atoms with Crippen LogP contribution in [0.2, 0.25) is 0 Å². The van der Waals surface area contributed by atoms with E-state index < -0.39 is 0 Å². The van der Waals surface area contributed by atoms with Crippen molar-refractivity contribution in [2.24, 2.45) is 5.92 Å². The lowest BCUT2D eigenvalue weighted by molar-refractivity contribution is -0.134. The summed E-state index contributed by atoms with van der Waals surface area (Å²) < 4.78 is 1.80. The Morgan fingerprint density at radius 1 is 1.00 bits per heavy atom. The normalized spacial score (nSPS) is 21.0. The van der Waals surface area contributed by atoms with Crippen molar-refractivity contribution in [2.45, 2.75) is 19.3 Å².